The average Bonchev–Trinajstić information content (AvgIpc) is 2.83. The van der Waals surface area contributed by atoms with Gasteiger partial charge in [-0.25, -0.2) is 0 Å². The smallest absolute Gasteiger partial charge is 0.0353 e. The molecule has 2 aromatic rings. The number of rotatable bonds is 1. The van der Waals surface area contributed by atoms with Crippen LogP contribution < -0.4 is 0 Å². The van der Waals surface area contributed by atoms with E-state index in [2.05, 4.69) is 54.5 Å². The van der Waals surface area contributed by atoms with E-state index in [1.807, 2.05) is 0 Å². The maximum atomic E-state index is 4.42. The number of benzene rings is 2. The molecule has 0 N–H and O–H groups in total. The van der Waals surface area contributed by atoms with Gasteiger partial charge in [-0.3, -0.25) is 0 Å². The number of aryl methyl sites for hydroxylation is 1. The van der Waals surface area contributed by atoms with E-state index in [1.54, 1.807) is 0 Å². The van der Waals surface area contributed by atoms with Crippen LogP contribution in [0.5, 0.6) is 0 Å². The minimum absolute atomic E-state index is 0. The van der Waals surface area contributed by atoms with Gasteiger partial charge in [-0.15, -0.1) is 0 Å². The third-order valence-corrected chi connectivity index (χ3v) is 3.38. The van der Waals surface area contributed by atoms with E-state index in [1.165, 1.54) is 21.9 Å². The zero-order valence-electron chi connectivity index (χ0n) is 9.98. The molecule has 1 aliphatic heterocycles. The van der Waals surface area contributed by atoms with Crippen molar-refractivity contribution in [1.82, 2.24) is 0 Å². The predicted molar refractivity (Wildman–Crippen MR) is 68.1 cm³/mol. The van der Waals surface area contributed by atoms with E-state index in [0.717, 1.165) is 12.8 Å². The first-order valence-electron chi connectivity index (χ1n) is 5.77. The summed E-state index contributed by atoms with van der Waals surface area (Å²) in [5.74, 6) is 0. The van der Waals surface area contributed by atoms with Crippen LogP contribution in [-0.2, 0) is 32.7 Å². The topological polar surface area (TPSA) is 12.4 Å². The quantitative estimate of drug-likeness (QED) is 0.707. The fourth-order valence-electron chi connectivity index (χ4n) is 2.47. The van der Waals surface area contributed by atoms with Gasteiger partial charge in [0.05, 0.1) is 0 Å². The summed E-state index contributed by atoms with van der Waals surface area (Å²) in [7, 11) is 0. The molecular weight excluding hydrogens is 283 g/mol. The zero-order valence-corrected chi connectivity index (χ0v) is 12.8. The molecule has 0 saturated carbocycles. The van der Waals surface area contributed by atoms with Crippen LogP contribution >= 0.6 is 0 Å². The van der Waals surface area contributed by atoms with Gasteiger partial charge in [0.25, 0.3) is 0 Å². The molecule has 0 saturated heterocycles. The van der Waals surface area contributed by atoms with Gasteiger partial charge in [0.2, 0.25) is 0 Å². The zero-order chi connectivity index (χ0) is 11.0. The summed E-state index contributed by atoms with van der Waals surface area (Å²) in [6.07, 6.45) is 5.18. The SMILES string of the molecule is Cc1c(C2CC[C-]=N2)ccc2ccccc12.[Y]. The second-order valence-electron chi connectivity index (χ2n) is 4.34. The summed E-state index contributed by atoms with van der Waals surface area (Å²) in [5, 5.41) is 2.66. The van der Waals surface area contributed by atoms with Gasteiger partial charge >= 0.3 is 0 Å². The summed E-state index contributed by atoms with van der Waals surface area (Å²) in [4.78, 5) is 4.42. The van der Waals surface area contributed by atoms with Crippen molar-refractivity contribution < 1.29 is 32.7 Å². The summed E-state index contributed by atoms with van der Waals surface area (Å²) < 4.78 is 0. The molecule has 0 aromatic heterocycles. The molecule has 83 valence electrons. The van der Waals surface area contributed by atoms with E-state index >= 15 is 0 Å². The third-order valence-electron chi connectivity index (χ3n) is 3.38. The molecule has 1 unspecified atom stereocenters. The Balaban J connectivity index is 0.00000108. The monoisotopic (exact) mass is 297 g/mol. The number of aliphatic imine (C=N–C) groups is 1. The molecule has 3 rings (SSSR count). The molecule has 1 atom stereocenters. The Bertz CT molecular complexity index is 560. The van der Waals surface area contributed by atoms with Gasteiger partial charge in [-0.2, -0.15) is 6.42 Å². The average molecular weight is 297 g/mol. The summed E-state index contributed by atoms with van der Waals surface area (Å²) >= 11 is 0. The Hall–Kier alpha value is -0.526. The maximum Gasteiger partial charge on any atom is 0.0353 e. The van der Waals surface area contributed by atoms with E-state index < -0.39 is 0 Å². The Labute approximate surface area is 127 Å². The van der Waals surface area contributed by atoms with Crippen LogP contribution in [-0.4, -0.2) is 6.21 Å². The predicted octanol–water partition coefficient (Wildman–Crippen LogP) is 3.93. The van der Waals surface area contributed by atoms with Crippen molar-refractivity contribution in [2.75, 3.05) is 0 Å². The summed E-state index contributed by atoms with van der Waals surface area (Å²) in [5.41, 5.74) is 2.74. The molecule has 0 bridgehead atoms. The molecule has 2 aromatic carbocycles. The van der Waals surface area contributed by atoms with Crippen molar-refractivity contribution in [2.45, 2.75) is 25.8 Å². The van der Waals surface area contributed by atoms with Gasteiger partial charge in [0.1, 0.15) is 0 Å². The van der Waals surface area contributed by atoms with Gasteiger partial charge in [0, 0.05) is 38.8 Å². The molecule has 17 heavy (non-hydrogen) atoms. The van der Waals surface area contributed by atoms with Crippen molar-refractivity contribution in [2.24, 2.45) is 4.99 Å². The second-order valence-corrected chi connectivity index (χ2v) is 4.34. The van der Waals surface area contributed by atoms with Crippen molar-refractivity contribution in [3.05, 3.63) is 47.5 Å². The van der Waals surface area contributed by atoms with Gasteiger partial charge in [-0.05, 0) is 28.8 Å². The third kappa shape index (κ3) is 2.36. The van der Waals surface area contributed by atoms with E-state index in [9.17, 15) is 0 Å². The van der Waals surface area contributed by atoms with Crippen LogP contribution in [0.25, 0.3) is 10.8 Å². The van der Waals surface area contributed by atoms with Crippen molar-refractivity contribution in [3.8, 4) is 0 Å². The first-order valence-corrected chi connectivity index (χ1v) is 5.77. The van der Waals surface area contributed by atoms with E-state index in [-0.39, 0.29) is 32.7 Å². The molecule has 0 spiro atoms. The fourth-order valence-corrected chi connectivity index (χ4v) is 2.47. The number of hydrogen-bond acceptors (Lipinski definition) is 1. The van der Waals surface area contributed by atoms with Crippen LogP contribution in [0.4, 0.5) is 0 Å². The summed E-state index contributed by atoms with van der Waals surface area (Å²) in [6, 6.07) is 13.3. The van der Waals surface area contributed by atoms with Gasteiger partial charge < -0.3 is 11.2 Å². The van der Waals surface area contributed by atoms with E-state index in [0.29, 0.717) is 6.04 Å². The maximum absolute atomic E-state index is 4.42. The Morgan fingerprint density at radius 1 is 1.18 bits per heavy atom. The molecule has 1 radical (unpaired) electrons. The van der Waals surface area contributed by atoms with E-state index in [4.69, 9.17) is 0 Å². The Morgan fingerprint density at radius 3 is 2.76 bits per heavy atom. The molecule has 0 amide bonds. The van der Waals surface area contributed by atoms with Crippen molar-refractivity contribution in [3.63, 3.8) is 0 Å². The Kier molecular flexibility index (Phi) is 4.11. The Morgan fingerprint density at radius 2 is 2.00 bits per heavy atom. The molecule has 1 heterocycles. The molecule has 0 aliphatic carbocycles. The van der Waals surface area contributed by atoms with Crippen LogP contribution in [0.1, 0.15) is 30.0 Å². The molecule has 1 aliphatic rings. The van der Waals surface area contributed by atoms with Crippen LogP contribution in [0.15, 0.2) is 41.4 Å². The first-order chi connectivity index (χ1) is 7.86. The molecule has 1 nitrogen and oxygen atoms in total. The number of hydrogen-bond donors (Lipinski definition) is 0. The minimum atomic E-state index is 0. The fraction of sp³-hybridized carbons (Fsp3) is 0.267. The normalized spacial score (nSPS) is 18.3. The molecule has 0 fully saturated rings. The molecule has 2 heteroatoms. The summed E-state index contributed by atoms with van der Waals surface area (Å²) in [6.45, 7) is 2.20. The van der Waals surface area contributed by atoms with Crippen LogP contribution in [0.2, 0.25) is 0 Å². The molecular formula is C15H14NY-. The van der Waals surface area contributed by atoms with Crippen LogP contribution in [0.3, 0.4) is 0 Å². The standard InChI is InChI=1S/C15H14N.Y/c1-11-13-6-3-2-5-12(13)8-9-14(11)15-7-4-10-16-15;/h2-3,5-6,8-9,15H,4,7H2,1H3;/q-1;. The van der Waals surface area contributed by atoms with Gasteiger partial charge in [-0.1, -0.05) is 42.8 Å². The van der Waals surface area contributed by atoms with Crippen molar-refractivity contribution in [1.29, 1.82) is 0 Å². The number of fused-ring (bicyclic) bond motifs is 1. The minimum Gasteiger partial charge on any atom is -0.497 e. The number of nitrogens with zero attached hydrogens (tertiary/aromatic N) is 1. The largest absolute Gasteiger partial charge is 0.497 e. The van der Waals surface area contributed by atoms with Crippen molar-refractivity contribution >= 4 is 17.0 Å². The first kappa shape index (κ1) is 12.9. The van der Waals surface area contributed by atoms with Crippen LogP contribution in [0, 0.1) is 6.92 Å². The van der Waals surface area contributed by atoms with Gasteiger partial charge in [0.15, 0.2) is 0 Å². The second kappa shape index (κ2) is 5.41.